The minimum atomic E-state index is 0.338. The van der Waals surface area contributed by atoms with E-state index in [1.54, 1.807) is 0 Å². The molecule has 1 heteroatoms. The van der Waals surface area contributed by atoms with Crippen LogP contribution in [0.25, 0.3) is 0 Å². The molecule has 110 valence electrons. The number of unbranched alkanes of at least 4 members (excludes halogenated alkanes) is 6. The lowest BCUT2D eigenvalue weighted by atomic mass is 9.88. The number of hydrogen-bond acceptors (Lipinski definition) is 0. The summed E-state index contributed by atoms with van der Waals surface area (Å²) in [6, 6.07) is 4.32. The first-order valence-electron chi connectivity index (χ1n) is 8.36. The molecule has 1 aromatic rings. The van der Waals surface area contributed by atoms with Crippen LogP contribution in [0.2, 0.25) is 0 Å². The van der Waals surface area contributed by atoms with Gasteiger partial charge in [-0.3, -0.25) is 0 Å². The number of hydrogen-bond donors (Lipinski definition) is 0. The van der Waals surface area contributed by atoms with Crippen molar-refractivity contribution in [2.24, 2.45) is 0 Å². The van der Waals surface area contributed by atoms with Gasteiger partial charge in [-0.2, -0.15) is 0 Å². The smallest absolute Gasteiger partial charge is 0.0411 e. The quantitative estimate of drug-likeness (QED) is 0.422. The average molecular weight is 263 g/mol. The summed E-state index contributed by atoms with van der Waals surface area (Å²) >= 11 is 0. The fraction of sp³-hybridized carbons (Fsp3) is 0.778. The standard InChI is InChI=1S/C18H33N/c1-4-6-8-9-11-15-18(3,14-10-7-5-2)19-16-12-13-17-19/h12-13,16-17H,4-11,14-15H2,1-3H3. The van der Waals surface area contributed by atoms with E-state index in [4.69, 9.17) is 0 Å². The van der Waals surface area contributed by atoms with Crippen LogP contribution < -0.4 is 0 Å². The van der Waals surface area contributed by atoms with Gasteiger partial charge in [0, 0.05) is 17.9 Å². The van der Waals surface area contributed by atoms with Gasteiger partial charge in [-0.1, -0.05) is 65.2 Å². The molecule has 0 saturated carbocycles. The summed E-state index contributed by atoms with van der Waals surface area (Å²) in [5.74, 6) is 0. The Balaban J connectivity index is 2.45. The molecule has 0 amide bonds. The Morgan fingerprint density at radius 1 is 0.737 bits per heavy atom. The van der Waals surface area contributed by atoms with Crippen molar-refractivity contribution < 1.29 is 0 Å². The van der Waals surface area contributed by atoms with Crippen LogP contribution in [0.5, 0.6) is 0 Å². The highest BCUT2D eigenvalue weighted by Gasteiger charge is 2.24. The van der Waals surface area contributed by atoms with Crippen LogP contribution in [0.15, 0.2) is 24.5 Å². The minimum Gasteiger partial charge on any atom is -0.349 e. The molecule has 1 unspecified atom stereocenters. The molecule has 1 heterocycles. The molecule has 0 bridgehead atoms. The summed E-state index contributed by atoms with van der Waals surface area (Å²) in [7, 11) is 0. The van der Waals surface area contributed by atoms with Crippen LogP contribution in [0.4, 0.5) is 0 Å². The molecule has 1 rings (SSSR count). The zero-order valence-electron chi connectivity index (χ0n) is 13.3. The van der Waals surface area contributed by atoms with Gasteiger partial charge in [0.15, 0.2) is 0 Å². The Morgan fingerprint density at radius 3 is 1.79 bits per heavy atom. The van der Waals surface area contributed by atoms with Crippen molar-refractivity contribution in [3.8, 4) is 0 Å². The number of aromatic nitrogens is 1. The second-order valence-electron chi connectivity index (χ2n) is 6.21. The predicted octanol–water partition coefficient (Wildman–Crippen LogP) is 6.14. The lowest BCUT2D eigenvalue weighted by Crippen LogP contribution is -2.29. The second-order valence-corrected chi connectivity index (χ2v) is 6.21. The predicted molar refractivity (Wildman–Crippen MR) is 85.6 cm³/mol. The Labute approximate surface area is 120 Å². The fourth-order valence-corrected chi connectivity index (χ4v) is 2.94. The van der Waals surface area contributed by atoms with Gasteiger partial charge in [-0.15, -0.1) is 0 Å². The van der Waals surface area contributed by atoms with Crippen molar-refractivity contribution in [2.75, 3.05) is 0 Å². The normalized spacial score (nSPS) is 14.5. The molecule has 0 aliphatic heterocycles. The maximum Gasteiger partial charge on any atom is 0.0411 e. The van der Waals surface area contributed by atoms with E-state index in [1.165, 1.54) is 64.2 Å². The third-order valence-corrected chi connectivity index (χ3v) is 4.37. The molecule has 0 saturated heterocycles. The highest BCUT2D eigenvalue weighted by Crippen LogP contribution is 2.30. The van der Waals surface area contributed by atoms with Crippen molar-refractivity contribution in [2.45, 2.75) is 90.5 Å². The van der Waals surface area contributed by atoms with Gasteiger partial charge in [0.05, 0.1) is 0 Å². The Morgan fingerprint density at radius 2 is 1.21 bits per heavy atom. The van der Waals surface area contributed by atoms with Crippen LogP contribution in [0, 0.1) is 0 Å². The van der Waals surface area contributed by atoms with Gasteiger partial charge in [-0.05, 0) is 31.9 Å². The number of nitrogens with zero attached hydrogens (tertiary/aromatic N) is 1. The summed E-state index contributed by atoms with van der Waals surface area (Å²) in [4.78, 5) is 0. The Hall–Kier alpha value is -0.720. The molecule has 1 nitrogen and oxygen atoms in total. The molecular weight excluding hydrogens is 230 g/mol. The van der Waals surface area contributed by atoms with Gasteiger partial charge in [-0.25, -0.2) is 0 Å². The first kappa shape index (κ1) is 16.3. The zero-order chi connectivity index (χ0) is 14.0. The van der Waals surface area contributed by atoms with E-state index in [0.717, 1.165) is 0 Å². The minimum absolute atomic E-state index is 0.338. The van der Waals surface area contributed by atoms with E-state index in [2.05, 4.69) is 49.9 Å². The average Bonchev–Trinajstić information content (AvgIpc) is 2.93. The van der Waals surface area contributed by atoms with Crippen LogP contribution in [-0.2, 0) is 5.54 Å². The molecule has 0 aliphatic carbocycles. The molecule has 0 aliphatic rings. The summed E-state index contributed by atoms with van der Waals surface area (Å²) in [5, 5.41) is 0. The maximum atomic E-state index is 2.45. The molecule has 0 fully saturated rings. The van der Waals surface area contributed by atoms with Crippen LogP contribution in [0.1, 0.15) is 85.0 Å². The lowest BCUT2D eigenvalue weighted by molar-refractivity contribution is 0.252. The van der Waals surface area contributed by atoms with Gasteiger partial charge >= 0.3 is 0 Å². The summed E-state index contributed by atoms with van der Waals surface area (Å²) in [6.07, 6.45) is 18.1. The van der Waals surface area contributed by atoms with Crippen molar-refractivity contribution in [3.63, 3.8) is 0 Å². The molecular formula is C18H33N. The summed E-state index contributed by atoms with van der Waals surface area (Å²) < 4.78 is 2.45. The third kappa shape index (κ3) is 5.84. The first-order valence-corrected chi connectivity index (χ1v) is 8.36. The largest absolute Gasteiger partial charge is 0.349 e. The summed E-state index contributed by atoms with van der Waals surface area (Å²) in [6.45, 7) is 7.02. The fourth-order valence-electron chi connectivity index (χ4n) is 2.94. The van der Waals surface area contributed by atoms with Crippen LogP contribution in [0.3, 0.4) is 0 Å². The van der Waals surface area contributed by atoms with Crippen molar-refractivity contribution in [1.29, 1.82) is 0 Å². The van der Waals surface area contributed by atoms with E-state index in [0.29, 0.717) is 5.54 Å². The zero-order valence-corrected chi connectivity index (χ0v) is 13.3. The van der Waals surface area contributed by atoms with E-state index in [-0.39, 0.29) is 0 Å². The topological polar surface area (TPSA) is 4.93 Å². The highest BCUT2D eigenvalue weighted by molar-refractivity contribution is 4.97. The van der Waals surface area contributed by atoms with E-state index >= 15 is 0 Å². The molecule has 0 spiro atoms. The second kappa shape index (κ2) is 9.23. The highest BCUT2D eigenvalue weighted by atomic mass is 15.0. The molecule has 0 aromatic carbocycles. The first-order chi connectivity index (χ1) is 9.23. The van der Waals surface area contributed by atoms with Crippen molar-refractivity contribution >= 4 is 0 Å². The molecule has 19 heavy (non-hydrogen) atoms. The Kier molecular flexibility index (Phi) is 7.93. The Bertz CT molecular complexity index is 302. The third-order valence-electron chi connectivity index (χ3n) is 4.37. The van der Waals surface area contributed by atoms with E-state index < -0.39 is 0 Å². The summed E-state index contributed by atoms with van der Waals surface area (Å²) in [5.41, 5.74) is 0.338. The van der Waals surface area contributed by atoms with Gasteiger partial charge < -0.3 is 4.57 Å². The van der Waals surface area contributed by atoms with Gasteiger partial charge in [0.1, 0.15) is 0 Å². The monoisotopic (exact) mass is 263 g/mol. The SMILES string of the molecule is CCCCCCCC(C)(CCCCC)n1cccc1. The lowest BCUT2D eigenvalue weighted by Gasteiger charge is -2.32. The van der Waals surface area contributed by atoms with Gasteiger partial charge in [0.25, 0.3) is 0 Å². The van der Waals surface area contributed by atoms with Crippen LogP contribution in [-0.4, -0.2) is 4.57 Å². The van der Waals surface area contributed by atoms with Crippen molar-refractivity contribution in [1.82, 2.24) is 4.57 Å². The maximum absolute atomic E-state index is 2.45. The van der Waals surface area contributed by atoms with Crippen LogP contribution >= 0.6 is 0 Å². The van der Waals surface area contributed by atoms with Gasteiger partial charge in [0.2, 0.25) is 0 Å². The van der Waals surface area contributed by atoms with Crippen molar-refractivity contribution in [3.05, 3.63) is 24.5 Å². The molecule has 0 radical (unpaired) electrons. The molecule has 0 N–H and O–H groups in total. The molecule has 1 atom stereocenters. The van der Waals surface area contributed by atoms with E-state index in [9.17, 15) is 0 Å². The number of rotatable bonds is 11. The van der Waals surface area contributed by atoms with E-state index in [1.807, 2.05) is 0 Å². The molecule has 1 aromatic heterocycles.